The fourth-order valence-electron chi connectivity index (χ4n) is 7.23. The Hall–Kier alpha value is -7.46. The van der Waals surface area contributed by atoms with Crippen molar-refractivity contribution in [3.8, 4) is 33.6 Å². The zero-order chi connectivity index (χ0) is 53.8. The highest BCUT2D eigenvalue weighted by Gasteiger charge is 2.30. The van der Waals surface area contributed by atoms with E-state index in [9.17, 15) is 38.4 Å². The quantitative estimate of drug-likeness (QED) is 0.0467. The van der Waals surface area contributed by atoms with Crippen molar-refractivity contribution in [3.05, 3.63) is 130 Å². The Bertz CT molecular complexity index is 3430. The predicted octanol–water partition coefficient (Wildman–Crippen LogP) is 8.38. The largest absolute Gasteiger partial charge is 0.422 e. The van der Waals surface area contributed by atoms with Crippen LogP contribution in [0.5, 0.6) is 0 Å². The van der Waals surface area contributed by atoms with Gasteiger partial charge in [-0.3, -0.25) is 33.3 Å². The minimum atomic E-state index is -1.49. The third-order valence-corrected chi connectivity index (χ3v) is 13.5. The van der Waals surface area contributed by atoms with Crippen LogP contribution in [-0.4, -0.2) is 84.9 Å². The predicted molar refractivity (Wildman–Crippen MR) is 284 cm³/mol. The first-order valence-electron chi connectivity index (χ1n) is 22.8. The van der Waals surface area contributed by atoms with Gasteiger partial charge in [0.05, 0.1) is 46.0 Å². The molecule has 19 nitrogen and oxygen atoms in total. The lowest BCUT2D eigenvalue weighted by Gasteiger charge is -2.19. The van der Waals surface area contributed by atoms with Gasteiger partial charge in [-0.25, -0.2) is 9.59 Å². The fourth-order valence-corrected chi connectivity index (χ4v) is 9.28. The Labute approximate surface area is 442 Å². The van der Waals surface area contributed by atoms with E-state index in [1.807, 2.05) is 12.1 Å². The number of halogens is 2. The van der Waals surface area contributed by atoms with Crippen LogP contribution in [0, 0.1) is 10.8 Å². The van der Waals surface area contributed by atoms with Gasteiger partial charge in [-0.1, -0.05) is 95.1 Å². The third kappa shape index (κ3) is 12.6. The van der Waals surface area contributed by atoms with Gasteiger partial charge in [0.25, 0.3) is 34.5 Å². The molecule has 74 heavy (non-hydrogen) atoms. The number of pyridine rings is 2. The summed E-state index contributed by atoms with van der Waals surface area (Å²) < 4.78 is 15.4. The molecule has 7 rings (SSSR count). The molecule has 23 heteroatoms. The van der Waals surface area contributed by atoms with Crippen molar-refractivity contribution in [2.75, 3.05) is 36.4 Å². The lowest BCUT2D eigenvalue weighted by molar-refractivity contribution is -0.173. The van der Waals surface area contributed by atoms with Crippen molar-refractivity contribution in [3.63, 3.8) is 0 Å². The number of esters is 2. The molecule has 0 fully saturated rings. The maximum Gasteiger partial charge on any atom is 0.379 e. The summed E-state index contributed by atoms with van der Waals surface area (Å²) >= 11 is 15.0. The van der Waals surface area contributed by atoms with E-state index in [-0.39, 0.29) is 40.1 Å². The van der Waals surface area contributed by atoms with Crippen molar-refractivity contribution < 1.29 is 38.2 Å². The fraction of sp³-hybridized carbons (Fsp3) is 0.294. The van der Waals surface area contributed by atoms with E-state index in [1.54, 1.807) is 115 Å². The van der Waals surface area contributed by atoms with E-state index in [1.165, 1.54) is 56.4 Å². The number of hydrogen-bond acceptors (Lipinski definition) is 17. The molecule has 0 unspecified atom stereocenters. The number of nitrogens with zero attached hydrogens (tertiary/aromatic N) is 7. The summed E-state index contributed by atoms with van der Waals surface area (Å²) in [5, 5.41) is 15.4. The lowest BCUT2D eigenvalue weighted by atomic mass is 9.96. The van der Waals surface area contributed by atoms with E-state index in [0.29, 0.717) is 44.5 Å². The molecule has 0 atom stereocenters. The van der Waals surface area contributed by atoms with Gasteiger partial charge in [0.1, 0.15) is 28.8 Å². The zero-order valence-electron chi connectivity index (χ0n) is 41.5. The Morgan fingerprint density at radius 1 is 0.622 bits per heavy atom. The average molecular weight is 1090 g/mol. The maximum absolute atomic E-state index is 14.2. The molecule has 0 aliphatic rings. The van der Waals surface area contributed by atoms with Crippen LogP contribution in [0.4, 0.5) is 17.5 Å². The minimum Gasteiger partial charge on any atom is -0.422 e. The molecule has 386 valence electrons. The molecule has 0 spiro atoms. The van der Waals surface area contributed by atoms with Gasteiger partial charge >= 0.3 is 11.9 Å². The maximum atomic E-state index is 14.2. The van der Waals surface area contributed by atoms with Gasteiger partial charge in [0.15, 0.2) is 0 Å². The first-order valence-corrected chi connectivity index (χ1v) is 25.2. The Morgan fingerprint density at radius 3 is 1.59 bits per heavy atom. The van der Waals surface area contributed by atoms with Gasteiger partial charge in [-0.2, -0.15) is 19.6 Å². The number of anilines is 3. The van der Waals surface area contributed by atoms with Crippen LogP contribution in [0.2, 0.25) is 8.67 Å². The monoisotopic (exact) mass is 1080 g/mol. The molecule has 0 amide bonds. The van der Waals surface area contributed by atoms with Crippen LogP contribution < -0.4 is 26.7 Å². The number of hydrogen-bond donors (Lipinski definition) is 2. The number of carbonyl (C=O) groups excluding carboxylic acids is 6. The molecular formula is C51H51Cl2N9O10S2. The molecule has 1 aromatic carbocycles. The standard InChI is InChI=1S/C51H51Cl2N9O10S2/c1-50(2,3)48(69)61-41(54-23-31-14-17-39(52)73-31)21-35(56-61)33-16-19-43(58(7)8)60(45(33)66)27-38(64)47(68)72-28-71-46(67)37(63)26-59-25-30(29-12-10-9-11-13-29)20-34(44(59)65)36-22-42(55-24-32-15-18-40(53)74-32)62(57-36)49(70)51(4,5)6/h9-22,25,54-55H,23-24,26-28H2,1-8H3. The van der Waals surface area contributed by atoms with Gasteiger partial charge in [-0.15, -0.1) is 22.7 Å². The molecule has 2 N–H and O–H groups in total. The van der Waals surface area contributed by atoms with E-state index < -0.39 is 65.3 Å². The number of carbonyl (C=O) groups is 6. The molecule has 0 bridgehead atoms. The van der Waals surface area contributed by atoms with E-state index in [0.717, 1.165) is 18.9 Å². The highest BCUT2D eigenvalue weighted by Crippen LogP contribution is 2.31. The van der Waals surface area contributed by atoms with Crippen LogP contribution in [0.25, 0.3) is 33.6 Å². The van der Waals surface area contributed by atoms with Gasteiger partial charge in [0, 0.05) is 53.0 Å². The molecule has 0 saturated carbocycles. The number of ketones is 2. The number of aromatic nitrogens is 6. The molecule has 0 saturated heterocycles. The molecule has 6 heterocycles. The summed E-state index contributed by atoms with van der Waals surface area (Å²) in [6.07, 6.45) is 1.39. The summed E-state index contributed by atoms with van der Waals surface area (Å²) in [6, 6.07) is 23.7. The Kier molecular flexibility index (Phi) is 16.4. The number of rotatable bonds is 18. The third-order valence-electron chi connectivity index (χ3n) is 11.0. The summed E-state index contributed by atoms with van der Waals surface area (Å²) in [4.78, 5) is 112. The van der Waals surface area contributed by atoms with Crippen LogP contribution in [0.15, 0.2) is 101 Å². The highest BCUT2D eigenvalue weighted by molar-refractivity contribution is 7.16. The molecule has 7 aromatic rings. The van der Waals surface area contributed by atoms with Gasteiger partial charge < -0.3 is 29.6 Å². The number of thiophene rings is 2. The minimum absolute atomic E-state index is 0.00713. The van der Waals surface area contributed by atoms with E-state index >= 15 is 0 Å². The van der Waals surface area contributed by atoms with Crippen molar-refractivity contribution >= 4 is 98.6 Å². The first kappa shape index (κ1) is 54.3. The Morgan fingerprint density at radius 2 is 1.12 bits per heavy atom. The topological polar surface area (TPSA) is 228 Å². The van der Waals surface area contributed by atoms with Crippen LogP contribution >= 0.6 is 45.9 Å². The van der Waals surface area contributed by atoms with Crippen LogP contribution in [-0.2, 0) is 54.8 Å². The molecule has 0 aliphatic heterocycles. The van der Waals surface area contributed by atoms with Crippen molar-refractivity contribution in [1.29, 1.82) is 0 Å². The molecule has 0 aliphatic carbocycles. The summed E-state index contributed by atoms with van der Waals surface area (Å²) in [6.45, 7) is 8.17. The SMILES string of the molecule is CN(C)c1ccc(-c2cc(NCc3ccc(Cl)s3)n(C(=O)C(C)(C)C)n2)c(=O)n1CC(=O)C(=O)OCOC(=O)C(=O)Cn1cc(-c2ccccc2)cc(-c2cc(NCc3ccc(Cl)s3)n(C(=O)C(C)(C)C)n2)c1=O. The van der Waals surface area contributed by atoms with Crippen molar-refractivity contribution in [1.82, 2.24) is 28.7 Å². The number of nitrogens with one attached hydrogen (secondary N) is 2. The summed E-state index contributed by atoms with van der Waals surface area (Å²) in [5.41, 5.74) is -1.84. The smallest absolute Gasteiger partial charge is 0.379 e. The normalized spacial score (nSPS) is 11.5. The van der Waals surface area contributed by atoms with Gasteiger partial charge in [0.2, 0.25) is 6.79 Å². The highest BCUT2D eigenvalue weighted by atomic mass is 35.5. The Balaban J connectivity index is 1.06. The first-order chi connectivity index (χ1) is 34.9. The van der Waals surface area contributed by atoms with Crippen LogP contribution in [0.3, 0.4) is 0 Å². The second-order valence-corrected chi connectivity index (χ2v) is 22.6. The van der Waals surface area contributed by atoms with E-state index in [2.05, 4.69) is 20.8 Å². The van der Waals surface area contributed by atoms with E-state index in [4.69, 9.17) is 32.7 Å². The summed E-state index contributed by atoms with van der Waals surface area (Å²) in [5.74, 6) is -5.30. The second-order valence-electron chi connectivity index (χ2n) is 19.0. The lowest BCUT2D eigenvalue weighted by Crippen LogP contribution is -2.34. The number of Topliss-reactive ketones (excluding diaryl/α,β-unsaturated/α-hetero) is 2. The van der Waals surface area contributed by atoms with Gasteiger partial charge in [-0.05, 0) is 53.6 Å². The average Bonchev–Trinajstić information content (AvgIpc) is 4.17. The van der Waals surface area contributed by atoms with Crippen LogP contribution in [0.1, 0.15) is 60.9 Å². The van der Waals surface area contributed by atoms with Crippen molar-refractivity contribution in [2.24, 2.45) is 10.8 Å². The number of ether oxygens (including phenoxy) is 2. The molecular weight excluding hydrogens is 1030 g/mol. The van der Waals surface area contributed by atoms with Crippen molar-refractivity contribution in [2.45, 2.75) is 67.7 Å². The zero-order valence-corrected chi connectivity index (χ0v) is 44.6. The molecule has 0 radical (unpaired) electrons. The second kappa shape index (κ2) is 22.3. The molecule has 6 aromatic heterocycles. The number of benzene rings is 1. The summed E-state index contributed by atoms with van der Waals surface area (Å²) in [7, 11) is 3.24.